The molecule has 0 radical (unpaired) electrons. The van der Waals surface area contributed by atoms with E-state index >= 15 is 0 Å². The van der Waals surface area contributed by atoms with Crippen LogP contribution in [0.4, 0.5) is 0 Å². The van der Waals surface area contributed by atoms with Crippen LogP contribution < -0.4 is 0 Å². The van der Waals surface area contributed by atoms with Gasteiger partial charge in [0.25, 0.3) is 0 Å². The third-order valence-corrected chi connectivity index (χ3v) is 3.44. The van der Waals surface area contributed by atoms with E-state index in [1.54, 1.807) is 11.3 Å². The molecule has 1 aromatic carbocycles. The summed E-state index contributed by atoms with van der Waals surface area (Å²) in [5.74, 6) is 0. The maximum Gasteiger partial charge on any atom is 0.0795 e. The molecule has 0 N–H and O–H groups in total. The van der Waals surface area contributed by atoms with E-state index in [0.29, 0.717) is 6.04 Å². The van der Waals surface area contributed by atoms with Crippen molar-refractivity contribution in [2.75, 3.05) is 0 Å². The molecular formula is C14H18N2S. The second kappa shape index (κ2) is 5.94. The quantitative estimate of drug-likeness (QED) is 0.802. The smallest absolute Gasteiger partial charge is 0.0795 e. The molecule has 2 aromatic rings. The molecule has 0 aliphatic heterocycles. The van der Waals surface area contributed by atoms with Gasteiger partial charge in [-0.25, -0.2) is 4.98 Å². The van der Waals surface area contributed by atoms with E-state index in [9.17, 15) is 0 Å². The van der Waals surface area contributed by atoms with Crippen molar-refractivity contribution in [3.05, 3.63) is 52.5 Å². The van der Waals surface area contributed by atoms with Crippen molar-refractivity contribution in [2.45, 2.75) is 33.0 Å². The number of thiazole rings is 1. The zero-order valence-electron chi connectivity index (χ0n) is 10.3. The first-order chi connectivity index (χ1) is 8.25. The Hall–Kier alpha value is -1.19. The van der Waals surface area contributed by atoms with Crippen LogP contribution in [-0.4, -0.2) is 15.9 Å². The largest absolute Gasteiger partial charge is 0.291 e. The van der Waals surface area contributed by atoms with Gasteiger partial charge in [0, 0.05) is 24.5 Å². The lowest BCUT2D eigenvalue weighted by Gasteiger charge is -2.25. The fourth-order valence-electron chi connectivity index (χ4n) is 1.76. The Balaban J connectivity index is 2.03. The van der Waals surface area contributed by atoms with Gasteiger partial charge in [-0.3, -0.25) is 4.90 Å². The number of rotatable bonds is 5. The van der Waals surface area contributed by atoms with Gasteiger partial charge in [0.1, 0.15) is 0 Å². The highest BCUT2D eigenvalue weighted by atomic mass is 32.1. The summed E-state index contributed by atoms with van der Waals surface area (Å²) in [5, 5.41) is 2.13. The summed E-state index contributed by atoms with van der Waals surface area (Å²) in [7, 11) is 0. The van der Waals surface area contributed by atoms with Crippen LogP contribution in [0.25, 0.3) is 0 Å². The van der Waals surface area contributed by atoms with Gasteiger partial charge in [0.05, 0.1) is 11.2 Å². The van der Waals surface area contributed by atoms with Crippen molar-refractivity contribution in [1.82, 2.24) is 9.88 Å². The Bertz CT molecular complexity index is 423. The summed E-state index contributed by atoms with van der Waals surface area (Å²) in [6.45, 7) is 6.37. The van der Waals surface area contributed by atoms with Gasteiger partial charge < -0.3 is 0 Å². The Morgan fingerprint density at radius 1 is 1.18 bits per heavy atom. The molecule has 90 valence electrons. The molecule has 2 rings (SSSR count). The molecule has 1 heterocycles. The highest BCUT2D eigenvalue weighted by Gasteiger charge is 2.11. The molecule has 0 amide bonds. The average molecular weight is 246 g/mol. The molecule has 0 saturated heterocycles. The predicted octanol–water partition coefficient (Wildman–Crippen LogP) is 3.55. The molecule has 0 aliphatic carbocycles. The van der Waals surface area contributed by atoms with E-state index in [1.807, 2.05) is 5.51 Å². The van der Waals surface area contributed by atoms with Gasteiger partial charge in [0.2, 0.25) is 0 Å². The van der Waals surface area contributed by atoms with Gasteiger partial charge in [-0.1, -0.05) is 30.3 Å². The number of benzene rings is 1. The number of hydrogen-bond donors (Lipinski definition) is 0. The second-order valence-electron chi connectivity index (χ2n) is 4.46. The molecule has 0 atom stereocenters. The summed E-state index contributed by atoms with van der Waals surface area (Å²) in [6.07, 6.45) is 0. The fourth-order valence-corrected chi connectivity index (χ4v) is 2.31. The van der Waals surface area contributed by atoms with Gasteiger partial charge in [-0.2, -0.15) is 0 Å². The van der Waals surface area contributed by atoms with Crippen molar-refractivity contribution < 1.29 is 0 Å². The molecule has 0 aliphatic rings. The Morgan fingerprint density at radius 3 is 2.53 bits per heavy atom. The van der Waals surface area contributed by atoms with Gasteiger partial charge in [-0.05, 0) is 19.4 Å². The Labute approximate surface area is 107 Å². The minimum atomic E-state index is 0.525. The third kappa shape index (κ3) is 3.65. The first-order valence-corrected chi connectivity index (χ1v) is 6.85. The predicted molar refractivity (Wildman–Crippen MR) is 72.9 cm³/mol. The normalized spacial score (nSPS) is 11.3. The minimum absolute atomic E-state index is 0.525. The van der Waals surface area contributed by atoms with E-state index in [4.69, 9.17) is 0 Å². The van der Waals surface area contributed by atoms with Gasteiger partial charge >= 0.3 is 0 Å². The summed E-state index contributed by atoms with van der Waals surface area (Å²) in [5.41, 5.74) is 4.42. The standard InChI is InChI=1S/C14H18N2S/c1-12(2)16(9-14-10-17-11-15-14)8-13-6-4-3-5-7-13/h3-7,10-12H,8-9H2,1-2H3. The molecule has 1 aromatic heterocycles. The lowest BCUT2D eigenvalue weighted by molar-refractivity contribution is 0.201. The van der Waals surface area contributed by atoms with Crippen molar-refractivity contribution in [3.8, 4) is 0 Å². The maximum atomic E-state index is 4.36. The van der Waals surface area contributed by atoms with Crippen molar-refractivity contribution in [2.24, 2.45) is 0 Å². The molecule has 2 nitrogen and oxygen atoms in total. The first-order valence-electron chi connectivity index (χ1n) is 5.91. The summed E-state index contributed by atoms with van der Waals surface area (Å²) >= 11 is 1.66. The van der Waals surface area contributed by atoms with Gasteiger partial charge in [0.15, 0.2) is 0 Å². The van der Waals surface area contributed by atoms with Crippen LogP contribution in [0.1, 0.15) is 25.1 Å². The lowest BCUT2D eigenvalue weighted by Crippen LogP contribution is -2.29. The van der Waals surface area contributed by atoms with Gasteiger partial charge in [-0.15, -0.1) is 11.3 Å². The highest BCUT2D eigenvalue weighted by molar-refractivity contribution is 7.07. The Morgan fingerprint density at radius 2 is 1.94 bits per heavy atom. The molecule has 17 heavy (non-hydrogen) atoms. The van der Waals surface area contributed by atoms with Crippen LogP contribution in [0.15, 0.2) is 41.2 Å². The second-order valence-corrected chi connectivity index (χ2v) is 5.18. The van der Waals surface area contributed by atoms with Crippen LogP contribution in [0, 0.1) is 0 Å². The summed E-state index contributed by atoms with van der Waals surface area (Å²) < 4.78 is 0. The first kappa shape index (κ1) is 12.3. The number of hydrogen-bond acceptors (Lipinski definition) is 3. The zero-order chi connectivity index (χ0) is 12.1. The van der Waals surface area contributed by atoms with E-state index < -0.39 is 0 Å². The molecule has 3 heteroatoms. The summed E-state index contributed by atoms with van der Waals surface area (Å²) in [4.78, 5) is 6.79. The van der Waals surface area contributed by atoms with E-state index in [1.165, 1.54) is 11.3 Å². The van der Waals surface area contributed by atoms with Crippen molar-refractivity contribution in [1.29, 1.82) is 0 Å². The molecule has 0 fully saturated rings. The number of nitrogens with zero attached hydrogens (tertiary/aromatic N) is 2. The van der Waals surface area contributed by atoms with Crippen LogP contribution in [0.2, 0.25) is 0 Å². The van der Waals surface area contributed by atoms with E-state index in [0.717, 1.165) is 13.1 Å². The molecular weight excluding hydrogens is 228 g/mol. The zero-order valence-corrected chi connectivity index (χ0v) is 11.2. The van der Waals surface area contributed by atoms with Crippen molar-refractivity contribution >= 4 is 11.3 Å². The monoisotopic (exact) mass is 246 g/mol. The molecule has 0 saturated carbocycles. The highest BCUT2D eigenvalue weighted by Crippen LogP contribution is 2.13. The maximum absolute atomic E-state index is 4.36. The van der Waals surface area contributed by atoms with E-state index in [2.05, 4.69) is 59.4 Å². The van der Waals surface area contributed by atoms with Crippen LogP contribution in [-0.2, 0) is 13.1 Å². The Kier molecular flexibility index (Phi) is 4.29. The molecule has 0 spiro atoms. The average Bonchev–Trinajstić information content (AvgIpc) is 2.82. The SMILES string of the molecule is CC(C)N(Cc1ccccc1)Cc1cscn1. The summed E-state index contributed by atoms with van der Waals surface area (Å²) in [6, 6.07) is 11.1. The van der Waals surface area contributed by atoms with E-state index in [-0.39, 0.29) is 0 Å². The lowest BCUT2D eigenvalue weighted by atomic mass is 10.2. The fraction of sp³-hybridized carbons (Fsp3) is 0.357. The molecule has 0 bridgehead atoms. The third-order valence-electron chi connectivity index (χ3n) is 2.81. The van der Waals surface area contributed by atoms with Crippen LogP contribution in [0.5, 0.6) is 0 Å². The van der Waals surface area contributed by atoms with Crippen LogP contribution >= 0.6 is 11.3 Å². The number of aromatic nitrogens is 1. The molecule has 0 unspecified atom stereocenters. The van der Waals surface area contributed by atoms with Crippen molar-refractivity contribution in [3.63, 3.8) is 0 Å². The minimum Gasteiger partial charge on any atom is -0.291 e. The van der Waals surface area contributed by atoms with Crippen LogP contribution in [0.3, 0.4) is 0 Å². The topological polar surface area (TPSA) is 16.1 Å².